The molecule has 3 heteroatoms. The minimum atomic E-state index is 0.515. The lowest BCUT2D eigenvalue weighted by atomic mass is 9.99. The number of hydrogen-bond acceptors (Lipinski definition) is 3. The molecule has 0 saturated carbocycles. The second kappa shape index (κ2) is 5.41. The van der Waals surface area contributed by atoms with Gasteiger partial charge in [0, 0.05) is 12.1 Å². The zero-order valence-corrected chi connectivity index (χ0v) is 11.4. The summed E-state index contributed by atoms with van der Waals surface area (Å²) < 4.78 is 0. The highest BCUT2D eigenvalue weighted by atomic mass is 15.5. The molecule has 0 spiro atoms. The first-order valence-corrected chi connectivity index (χ1v) is 6.67. The fourth-order valence-electron chi connectivity index (χ4n) is 2.63. The largest absolute Gasteiger partial charge is 0.317 e. The molecule has 1 aliphatic rings. The number of aryl methyl sites for hydroxylation is 1. The summed E-state index contributed by atoms with van der Waals surface area (Å²) in [4.78, 5) is 0. The van der Waals surface area contributed by atoms with Crippen molar-refractivity contribution in [2.45, 2.75) is 52.1 Å². The van der Waals surface area contributed by atoms with Crippen molar-refractivity contribution in [3.63, 3.8) is 0 Å². The Morgan fingerprint density at radius 2 is 1.94 bits per heavy atom. The molecule has 1 fully saturated rings. The molecule has 2 unspecified atom stereocenters. The number of anilines is 1. The number of nitrogens with zero attached hydrogens (tertiary/aromatic N) is 2. The number of rotatable bonds is 2. The van der Waals surface area contributed by atoms with Gasteiger partial charge in [-0.2, -0.15) is 5.26 Å². The number of nitrogens with one attached hydrogen (secondary N) is 1. The first kappa shape index (κ1) is 12.9. The van der Waals surface area contributed by atoms with E-state index in [-0.39, 0.29) is 0 Å². The minimum absolute atomic E-state index is 0.515. The van der Waals surface area contributed by atoms with Gasteiger partial charge in [-0.15, -0.1) is 0 Å². The molecule has 2 atom stereocenters. The van der Waals surface area contributed by atoms with Crippen LogP contribution in [0.25, 0.3) is 0 Å². The molecule has 96 valence electrons. The Bertz CT molecular complexity index is 451. The molecule has 1 aromatic rings. The number of piperidine rings is 1. The lowest BCUT2D eigenvalue weighted by Crippen LogP contribution is -2.47. The molecule has 1 aliphatic heterocycles. The Kier molecular flexibility index (Phi) is 3.88. The Morgan fingerprint density at radius 1 is 1.28 bits per heavy atom. The third-order valence-corrected chi connectivity index (χ3v) is 3.74. The van der Waals surface area contributed by atoms with E-state index in [0.29, 0.717) is 17.6 Å². The van der Waals surface area contributed by atoms with Gasteiger partial charge in [0.25, 0.3) is 0 Å². The van der Waals surface area contributed by atoms with Crippen molar-refractivity contribution in [2.24, 2.45) is 0 Å². The highest BCUT2D eigenvalue weighted by molar-refractivity contribution is 5.58. The van der Waals surface area contributed by atoms with Gasteiger partial charge >= 0.3 is 0 Å². The van der Waals surface area contributed by atoms with E-state index in [9.17, 15) is 0 Å². The monoisotopic (exact) mass is 243 g/mol. The van der Waals surface area contributed by atoms with Crippen molar-refractivity contribution < 1.29 is 0 Å². The molecule has 0 bridgehead atoms. The second-order valence-electron chi connectivity index (χ2n) is 5.31. The predicted octanol–water partition coefficient (Wildman–Crippen LogP) is 3.46. The lowest BCUT2D eigenvalue weighted by molar-refractivity contribution is 0.135. The number of hydrogen-bond donors (Lipinski definition) is 1. The quantitative estimate of drug-likeness (QED) is 0.864. The third-order valence-electron chi connectivity index (χ3n) is 3.74. The molecule has 0 amide bonds. The standard InChI is InChI=1S/C15H21N3/c1-11-7-8-14(10-16)15(9-11)17-18-12(2)5-4-6-13(18)3/h7-9,12-13,17H,4-6H2,1-3H3. The summed E-state index contributed by atoms with van der Waals surface area (Å²) in [5, 5.41) is 11.5. The van der Waals surface area contributed by atoms with Gasteiger partial charge < -0.3 is 5.43 Å². The maximum Gasteiger partial charge on any atom is 0.101 e. The van der Waals surface area contributed by atoms with Crippen LogP contribution in [0.3, 0.4) is 0 Å². The van der Waals surface area contributed by atoms with Crippen LogP contribution >= 0.6 is 0 Å². The van der Waals surface area contributed by atoms with Crippen molar-refractivity contribution in [2.75, 3.05) is 5.43 Å². The first-order chi connectivity index (χ1) is 8.61. The van der Waals surface area contributed by atoms with Crippen LogP contribution in [-0.2, 0) is 0 Å². The summed E-state index contributed by atoms with van der Waals surface area (Å²) in [5.74, 6) is 0. The third kappa shape index (κ3) is 2.65. The van der Waals surface area contributed by atoms with Crippen LogP contribution in [0.2, 0.25) is 0 Å². The summed E-state index contributed by atoms with van der Waals surface area (Å²) >= 11 is 0. The van der Waals surface area contributed by atoms with Gasteiger partial charge in [-0.3, -0.25) is 0 Å². The summed E-state index contributed by atoms with van der Waals surface area (Å²) in [5.41, 5.74) is 6.27. The first-order valence-electron chi connectivity index (χ1n) is 6.67. The topological polar surface area (TPSA) is 39.1 Å². The highest BCUT2D eigenvalue weighted by Gasteiger charge is 2.25. The van der Waals surface area contributed by atoms with E-state index < -0.39 is 0 Å². The molecule has 3 nitrogen and oxygen atoms in total. The number of nitriles is 1. The summed E-state index contributed by atoms with van der Waals surface area (Å²) in [7, 11) is 0. The van der Waals surface area contributed by atoms with Crippen molar-refractivity contribution >= 4 is 5.69 Å². The van der Waals surface area contributed by atoms with E-state index >= 15 is 0 Å². The fourth-order valence-corrected chi connectivity index (χ4v) is 2.63. The number of benzene rings is 1. The van der Waals surface area contributed by atoms with E-state index in [1.807, 2.05) is 18.2 Å². The smallest absolute Gasteiger partial charge is 0.101 e. The van der Waals surface area contributed by atoms with Gasteiger partial charge in [0.2, 0.25) is 0 Å². The Morgan fingerprint density at radius 3 is 2.56 bits per heavy atom. The maximum atomic E-state index is 9.16. The molecule has 0 radical (unpaired) electrons. The SMILES string of the molecule is Cc1ccc(C#N)c(NN2C(C)CCCC2C)c1. The van der Waals surface area contributed by atoms with Crippen LogP contribution in [-0.4, -0.2) is 17.1 Å². The molecule has 1 aromatic carbocycles. The average molecular weight is 243 g/mol. The Labute approximate surface area is 109 Å². The van der Waals surface area contributed by atoms with Gasteiger partial charge in [-0.05, 0) is 51.3 Å². The average Bonchev–Trinajstić information content (AvgIpc) is 2.34. The zero-order valence-electron chi connectivity index (χ0n) is 11.4. The van der Waals surface area contributed by atoms with Crippen LogP contribution in [0.1, 0.15) is 44.2 Å². The van der Waals surface area contributed by atoms with E-state index in [4.69, 9.17) is 5.26 Å². The zero-order chi connectivity index (χ0) is 13.1. The summed E-state index contributed by atoms with van der Waals surface area (Å²) in [6.07, 6.45) is 3.72. The lowest BCUT2D eigenvalue weighted by Gasteiger charge is -2.39. The molecule has 2 rings (SSSR count). The second-order valence-corrected chi connectivity index (χ2v) is 5.31. The van der Waals surface area contributed by atoms with Crippen molar-refractivity contribution in [3.8, 4) is 6.07 Å². The van der Waals surface area contributed by atoms with Crippen molar-refractivity contribution in [3.05, 3.63) is 29.3 Å². The van der Waals surface area contributed by atoms with Gasteiger partial charge in [0.05, 0.1) is 11.3 Å². The van der Waals surface area contributed by atoms with Crippen LogP contribution in [0.4, 0.5) is 5.69 Å². The Hall–Kier alpha value is -1.53. The van der Waals surface area contributed by atoms with Crippen LogP contribution in [0.15, 0.2) is 18.2 Å². The predicted molar refractivity (Wildman–Crippen MR) is 74.1 cm³/mol. The molecule has 1 heterocycles. The maximum absolute atomic E-state index is 9.16. The van der Waals surface area contributed by atoms with E-state index in [1.165, 1.54) is 24.8 Å². The van der Waals surface area contributed by atoms with Gasteiger partial charge in [0.1, 0.15) is 6.07 Å². The van der Waals surface area contributed by atoms with E-state index in [2.05, 4.69) is 37.3 Å². The molecule has 0 aromatic heterocycles. The summed E-state index contributed by atoms with van der Waals surface area (Å²) in [6.45, 7) is 6.53. The highest BCUT2D eigenvalue weighted by Crippen LogP contribution is 2.25. The molecule has 18 heavy (non-hydrogen) atoms. The molecule has 1 saturated heterocycles. The molecular formula is C15H21N3. The van der Waals surface area contributed by atoms with Crippen molar-refractivity contribution in [1.82, 2.24) is 5.01 Å². The molecule has 1 N–H and O–H groups in total. The van der Waals surface area contributed by atoms with Crippen LogP contribution < -0.4 is 5.43 Å². The fraction of sp³-hybridized carbons (Fsp3) is 0.533. The van der Waals surface area contributed by atoms with E-state index in [1.54, 1.807) is 0 Å². The normalized spacial score (nSPS) is 24.6. The van der Waals surface area contributed by atoms with Crippen LogP contribution in [0, 0.1) is 18.3 Å². The summed E-state index contributed by atoms with van der Waals surface area (Å²) in [6, 6.07) is 9.20. The number of hydrazine groups is 1. The molecule has 0 aliphatic carbocycles. The molecular weight excluding hydrogens is 222 g/mol. The minimum Gasteiger partial charge on any atom is -0.317 e. The van der Waals surface area contributed by atoms with Gasteiger partial charge in [0.15, 0.2) is 0 Å². The van der Waals surface area contributed by atoms with Gasteiger partial charge in [-0.25, -0.2) is 5.01 Å². The Balaban J connectivity index is 2.22. The van der Waals surface area contributed by atoms with Gasteiger partial charge in [-0.1, -0.05) is 12.5 Å². The van der Waals surface area contributed by atoms with Crippen LogP contribution in [0.5, 0.6) is 0 Å². The van der Waals surface area contributed by atoms with E-state index in [0.717, 1.165) is 5.69 Å². The van der Waals surface area contributed by atoms with Crippen molar-refractivity contribution in [1.29, 1.82) is 5.26 Å².